The predicted octanol–water partition coefficient (Wildman–Crippen LogP) is 2.81. The second kappa shape index (κ2) is 6.80. The Hall–Kier alpha value is -2.90. The van der Waals surface area contributed by atoms with Crippen molar-refractivity contribution in [2.45, 2.75) is 44.3 Å². The Morgan fingerprint density at radius 3 is 2.41 bits per heavy atom. The number of amides is 3. The molecule has 3 amide bonds. The maximum absolute atomic E-state index is 13.7. The van der Waals surface area contributed by atoms with Crippen LogP contribution in [-0.4, -0.2) is 39.3 Å². The van der Waals surface area contributed by atoms with Gasteiger partial charge in [0.05, 0.1) is 11.8 Å². The van der Waals surface area contributed by atoms with E-state index in [1.54, 1.807) is 42.5 Å². The number of rotatable bonds is 2. The summed E-state index contributed by atoms with van der Waals surface area (Å²) < 4.78 is 0. The van der Waals surface area contributed by atoms with E-state index in [1.165, 1.54) is 4.90 Å². The quantitative estimate of drug-likeness (QED) is 0.607. The van der Waals surface area contributed by atoms with Crippen LogP contribution in [0.3, 0.4) is 0 Å². The fourth-order valence-corrected chi connectivity index (χ4v) is 5.67. The minimum absolute atomic E-state index is 0.146. The number of fused-ring (bicyclic) bond motifs is 4. The first-order chi connectivity index (χ1) is 15.0. The standard InChI is InChI=1S/C24H24ClN3O4/c1-23(2,3)28-20(30)18-17(10-12-4-7-14(29)8-5-12)27-24(19(18)21(28)31)15-11-13(25)6-9-16(15)26-22(24)32/h4-9,11,17-19,27,29H,10H2,1-3H3,(H,26,32)/t17-,18+,19-,24+/m0/s1. The lowest BCUT2D eigenvalue weighted by Gasteiger charge is -2.34. The van der Waals surface area contributed by atoms with Gasteiger partial charge in [-0.25, -0.2) is 0 Å². The number of carbonyl (C=O) groups excluding carboxylic acids is 3. The topological polar surface area (TPSA) is 98.7 Å². The highest BCUT2D eigenvalue weighted by atomic mass is 35.5. The molecule has 8 heteroatoms. The normalized spacial score (nSPS) is 28.9. The highest BCUT2D eigenvalue weighted by Gasteiger charge is 2.71. The Morgan fingerprint density at radius 1 is 1.06 bits per heavy atom. The molecule has 0 aliphatic carbocycles. The number of nitrogens with one attached hydrogen (secondary N) is 2. The number of hydrogen-bond donors (Lipinski definition) is 3. The van der Waals surface area contributed by atoms with E-state index in [4.69, 9.17) is 11.6 Å². The van der Waals surface area contributed by atoms with Crippen LogP contribution >= 0.6 is 11.6 Å². The summed E-state index contributed by atoms with van der Waals surface area (Å²) >= 11 is 6.27. The molecule has 1 spiro atoms. The molecular weight excluding hydrogens is 430 g/mol. The van der Waals surface area contributed by atoms with Crippen molar-refractivity contribution in [3.8, 4) is 5.75 Å². The van der Waals surface area contributed by atoms with Gasteiger partial charge in [0, 0.05) is 27.9 Å². The molecule has 2 aromatic rings. The zero-order valence-electron chi connectivity index (χ0n) is 18.0. The highest BCUT2D eigenvalue weighted by molar-refractivity contribution is 6.31. The second-order valence-electron chi connectivity index (χ2n) is 9.76. The highest BCUT2D eigenvalue weighted by Crippen LogP contribution is 2.54. The first-order valence-electron chi connectivity index (χ1n) is 10.6. The molecule has 2 aromatic carbocycles. The van der Waals surface area contributed by atoms with Crippen LogP contribution in [0.15, 0.2) is 42.5 Å². The van der Waals surface area contributed by atoms with E-state index in [1.807, 2.05) is 20.8 Å². The van der Waals surface area contributed by atoms with Crippen LogP contribution in [0.5, 0.6) is 5.75 Å². The third kappa shape index (κ3) is 2.81. The Morgan fingerprint density at radius 2 is 1.75 bits per heavy atom. The molecule has 4 atom stereocenters. The number of phenolic OH excluding ortho intramolecular Hbond substituents is 1. The Bertz CT molecular complexity index is 1160. The van der Waals surface area contributed by atoms with Crippen molar-refractivity contribution in [2.24, 2.45) is 11.8 Å². The van der Waals surface area contributed by atoms with Gasteiger partial charge in [0.25, 0.3) is 0 Å². The summed E-state index contributed by atoms with van der Waals surface area (Å²) in [4.78, 5) is 42.0. The van der Waals surface area contributed by atoms with Gasteiger partial charge in [0.1, 0.15) is 11.3 Å². The summed E-state index contributed by atoms with van der Waals surface area (Å²) in [6.45, 7) is 5.45. The van der Waals surface area contributed by atoms with Gasteiger partial charge in [-0.15, -0.1) is 0 Å². The fraction of sp³-hybridized carbons (Fsp3) is 0.375. The molecule has 0 radical (unpaired) electrons. The maximum atomic E-state index is 13.7. The van der Waals surface area contributed by atoms with Crippen LogP contribution in [-0.2, 0) is 26.3 Å². The van der Waals surface area contributed by atoms with Crippen LogP contribution in [0.25, 0.3) is 0 Å². The molecule has 3 aliphatic heterocycles. The van der Waals surface area contributed by atoms with Crippen molar-refractivity contribution in [3.63, 3.8) is 0 Å². The number of benzene rings is 2. The molecule has 0 bridgehead atoms. The SMILES string of the molecule is CC(C)(C)N1C(=O)[C@@H]2[C@H](Cc3ccc(O)cc3)N[C@@]3(C(=O)Nc4ccc(Cl)cc43)[C@@H]2C1=O. The van der Waals surface area contributed by atoms with Crippen LogP contribution in [0.4, 0.5) is 5.69 Å². The maximum Gasteiger partial charge on any atom is 0.250 e. The van der Waals surface area contributed by atoms with E-state index in [2.05, 4.69) is 10.6 Å². The van der Waals surface area contributed by atoms with Crippen molar-refractivity contribution in [3.05, 3.63) is 58.6 Å². The number of phenols is 1. The van der Waals surface area contributed by atoms with Crippen LogP contribution in [0.2, 0.25) is 5.02 Å². The summed E-state index contributed by atoms with van der Waals surface area (Å²) in [5.41, 5.74) is -0.0235. The van der Waals surface area contributed by atoms with E-state index in [9.17, 15) is 19.5 Å². The number of anilines is 1. The van der Waals surface area contributed by atoms with Crippen molar-refractivity contribution in [2.75, 3.05) is 5.32 Å². The molecule has 2 saturated heterocycles. The van der Waals surface area contributed by atoms with E-state index in [0.29, 0.717) is 22.7 Å². The van der Waals surface area contributed by atoms with E-state index in [0.717, 1.165) is 5.56 Å². The fourth-order valence-electron chi connectivity index (χ4n) is 5.50. The van der Waals surface area contributed by atoms with Crippen molar-refractivity contribution >= 4 is 35.0 Å². The molecule has 166 valence electrons. The van der Waals surface area contributed by atoms with Gasteiger partial charge >= 0.3 is 0 Å². The number of halogens is 1. The lowest BCUT2D eigenvalue weighted by molar-refractivity contribution is -0.147. The predicted molar refractivity (Wildman–Crippen MR) is 119 cm³/mol. The Labute approximate surface area is 190 Å². The minimum atomic E-state index is -1.38. The average Bonchev–Trinajstić information content (AvgIpc) is 3.28. The Kier molecular flexibility index (Phi) is 4.45. The van der Waals surface area contributed by atoms with Crippen molar-refractivity contribution < 1.29 is 19.5 Å². The molecule has 7 nitrogen and oxygen atoms in total. The smallest absolute Gasteiger partial charge is 0.250 e. The third-order valence-electron chi connectivity index (χ3n) is 6.74. The zero-order chi connectivity index (χ0) is 23.0. The minimum Gasteiger partial charge on any atom is -0.508 e. The molecule has 32 heavy (non-hydrogen) atoms. The number of carbonyl (C=O) groups is 3. The van der Waals surface area contributed by atoms with Gasteiger partial charge in [0.15, 0.2) is 0 Å². The molecule has 3 heterocycles. The monoisotopic (exact) mass is 453 g/mol. The number of likely N-dealkylation sites (tertiary alicyclic amines) is 1. The summed E-state index contributed by atoms with van der Waals surface area (Å²) in [7, 11) is 0. The van der Waals surface area contributed by atoms with Crippen LogP contribution < -0.4 is 10.6 Å². The molecule has 0 aromatic heterocycles. The molecule has 0 saturated carbocycles. The summed E-state index contributed by atoms with van der Waals surface area (Å²) in [5.74, 6) is -2.41. The number of imide groups is 1. The van der Waals surface area contributed by atoms with Gasteiger partial charge < -0.3 is 10.4 Å². The van der Waals surface area contributed by atoms with Gasteiger partial charge in [0.2, 0.25) is 17.7 Å². The van der Waals surface area contributed by atoms with Gasteiger partial charge in [-0.1, -0.05) is 23.7 Å². The van der Waals surface area contributed by atoms with E-state index in [-0.39, 0.29) is 23.5 Å². The van der Waals surface area contributed by atoms with Crippen LogP contribution in [0, 0.1) is 11.8 Å². The molecule has 0 unspecified atom stereocenters. The molecule has 2 fully saturated rings. The van der Waals surface area contributed by atoms with Crippen LogP contribution in [0.1, 0.15) is 31.9 Å². The average molecular weight is 454 g/mol. The van der Waals surface area contributed by atoms with E-state index < -0.39 is 29.0 Å². The molecule has 3 aliphatic rings. The van der Waals surface area contributed by atoms with Gasteiger partial charge in [-0.3, -0.25) is 24.6 Å². The molecule has 3 N–H and O–H groups in total. The van der Waals surface area contributed by atoms with Crippen molar-refractivity contribution in [1.82, 2.24) is 10.2 Å². The zero-order valence-corrected chi connectivity index (χ0v) is 18.7. The number of aromatic hydroxyl groups is 1. The van der Waals surface area contributed by atoms with Gasteiger partial charge in [-0.05, 0) is 63.1 Å². The summed E-state index contributed by atoms with van der Waals surface area (Å²) in [6.07, 6.45) is 0.420. The first-order valence-corrected chi connectivity index (χ1v) is 11.0. The lowest BCUT2D eigenvalue weighted by Crippen LogP contribution is -2.56. The molecular formula is C24H24ClN3O4. The Balaban J connectivity index is 1.66. The number of nitrogens with zero attached hydrogens (tertiary/aromatic N) is 1. The van der Waals surface area contributed by atoms with E-state index >= 15 is 0 Å². The second-order valence-corrected chi connectivity index (χ2v) is 10.2. The summed E-state index contributed by atoms with van der Waals surface area (Å²) in [6, 6.07) is 11.4. The van der Waals surface area contributed by atoms with Gasteiger partial charge in [-0.2, -0.15) is 0 Å². The number of hydrogen-bond acceptors (Lipinski definition) is 5. The summed E-state index contributed by atoms with van der Waals surface area (Å²) in [5, 5.41) is 16.3. The first kappa shape index (κ1) is 21.0. The van der Waals surface area contributed by atoms with Crippen molar-refractivity contribution in [1.29, 1.82) is 0 Å². The third-order valence-corrected chi connectivity index (χ3v) is 6.97. The largest absolute Gasteiger partial charge is 0.508 e. The molecule has 5 rings (SSSR count). The lowest BCUT2D eigenvalue weighted by atomic mass is 9.76.